The Kier molecular flexibility index (Phi) is 13.7. The first-order valence-corrected chi connectivity index (χ1v) is 15.4. The van der Waals surface area contributed by atoms with Crippen LogP contribution in [-0.2, 0) is 33.3 Å². The van der Waals surface area contributed by atoms with Crippen LogP contribution in [0.5, 0.6) is 0 Å². The third-order valence-corrected chi connectivity index (χ3v) is 8.82. The molecule has 0 aromatic heterocycles. The number of hydrogen-bond donors (Lipinski definition) is 10. The number of hydrogen-bond acceptors (Lipinski definition) is 16. The lowest BCUT2D eigenvalue weighted by Crippen LogP contribution is -2.68. The molecule has 0 aromatic carbocycles. The third kappa shape index (κ3) is 8.15. The van der Waals surface area contributed by atoms with Gasteiger partial charge in [0.2, 0.25) is 5.91 Å². The summed E-state index contributed by atoms with van der Waals surface area (Å²) in [5.41, 5.74) is 0. The SMILES string of the molecule is CC[C@@H]1OC(CO)[C@@H](O[C@@H]2OC(CO[C@]3(C(=O)O)C[C@@H](O)[C@@H](N(C)C)C([C@H](O)[C@H](O)CC)O3)[C@H](O)[C@H](O)C2O)[C@H](O)C1NC(C)=O. The van der Waals surface area contributed by atoms with Crippen molar-refractivity contribution in [3.8, 4) is 0 Å². The molecule has 46 heavy (non-hydrogen) atoms. The maximum Gasteiger partial charge on any atom is 0.364 e. The van der Waals surface area contributed by atoms with E-state index in [1.54, 1.807) is 27.9 Å². The van der Waals surface area contributed by atoms with Gasteiger partial charge in [-0.15, -0.1) is 0 Å². The minimum Gasteiger partial charge on any atom is -0.477 e. The summed E-state index contributed by atoms with van der Waals surface area (Å²) in [6.45, 7) is 3.11. The standard InChI is InChI=1S/C28H50N2O16/c1-6-12(33)19(35)25-18(30(4)5)13(34)8-28(46-25,27(40)41)42-10-16-20(36)22(38)23(39)26(44-16)45-24-15(9-31)43-14(7-2)17(21(24)37)29-11(3)32/h12-26,31,33-39H,6-10H2,1-5H3,(H,29,32)(H,40,41)/t12-,13-,14+,15?,16?,17?,18-,19-,20+,21-,22+,23?,24-,25?,26+,28-/m1/s1. The summed E-state index contributed by atoms with van der Waals surface area (Å²) in [5.74, 6) is -4.79. The first-order chi connectivity index (χ1) is 21.5. The average molecular weight is 671 g/mol. The molecule has 0 spiro atoms. The first kappa shape index (κ1) is 38.8. The lowest BCUT2D eigenvalue weighted by Gasteiger charge is -2.49. The highest BCUT2D eigenvalue weighted by molar-refractivity contribution is 5.76. The molecule has 18 heteroatoms. The fourth-order valence-corrected chi connectivity index (χ4v) is 6.26. The number of carboxylic acids is 1. The molecule has 0 aliphatic carbocycles. The zero-order valence-electron chi connectivity index (χ0n) is 26.5. The Morgan fingerprint density at radius 1 is 0.978 bits per heavy atom. The van der Waals surface area contributed by atoms with Crippen molar-refractivity contribution in [1.29, 1.82) is 0 Å². The molecule has 10 N–H and O–H groups in total. The lowest BCUT2D eigenvalue weighted by atomic mass is 9.87. The quantitative estimate of drug-likeness (QED) is 0.0880. The largest absolute Gasteiger partial charge is 0.477 e. The summed E-state index contributed by atoms with van der Waals surface area (Å²) in [5, 5.41) is 97.9. The maximum absolute atomic E-state index is 12.5. The number of carbonyl (C=O) groups is 2. The molecule has 18 nitrogen and oxygen atoms in total. The molecule has 16 atom stereocenters. The van der Waals surface area contributed by atoms with E-state index in [-0.39, 0.29) is 6.42 Å². The van der Waals surface area contributed by atoms with Gasteiger partial charge in [-0.05, 0) is 26.9 Å². The van der Waals surface area contributed by atoms with E-state index in [2.05, 4.69) is 5.32 Å². The zero-order chi connectivity index (χ0) is 34.7. The van der Waals surface area contributed by atoms with Crippen LogP contribution in [0.1, 0.15) is 40.0 Å². The Morgan fingerprint density at radius 3 is 2.15 bits per heavy atom. The summed E-state index contributed by atoms with van der Waals surface area (Å²) < 4.78 is 28.7. The van der Waals surface area contributed by atoms with Crippen molar-refractivity contribution < 1.29 is 79.2 Å². The van der Waals surface area contributed by atoms with E-state index in [4.69, 9.17) is 23.7 Å². The van der Waals surface area contributed by atoms with Gasteiger partial charge in [-0.3, -0.25) is 4.79 Å². The molecule has 3 rings (SSSR count). The molecule has 3 aliphatic heterocycles. The number of amides is 1. The molecule has 3 heterocycles. The van der Waals surface area contributed by atoms with Gasteiger partial charge in [0.05, 0.1) is 43.6 Å². The maximum atomic E-state index is 12.5. The van der Waals surface area contributed by atoms with Crippen LogP contribution in [-0.4, -0.2) is 187 Å². The van der Waals surface area contributed by atoms with E-state index in [1.165, 1.54) is 11.8 Å². The minimum absolute atomic E-state index is 0.0877. The predicted octanol–water partition coefficient (Wildman–Crippen LogP) is -4.78. The van der Waals surface area contributed by atoms with Crippen molar-refractivity contribution in [2.24, 2.45) is 0 Å². The van der Waals surface area contributed by atoms with Crippen LogP contribution in [0.4, 0.5) is 0 Å². The number of aliphatic hydroxyl groups excluding tert-OH is 8. The summed E-state index contributed by atoms with van der Waals surface area (Å²) in [6, 6.07) is -1.92. The molecule has 268 valence electrons. The van der Waals surface area contributed by atoms with Gasteiger partial charge in [0.1, 0.15) is 54.9 Å². The van der Waals surface area contributed by atoms with Gasteiger partial charge in [-0.1, -0.05) is 13.8 Å². The second-order valence-corrected chi connectivity index (χ2v) is 12.3. The van der Waals surface area contributed by atoms with Crippen molar-refractivity contribution >= 4 is 11.9 Å². The monoisotopic (exact) mass is 670 g/mol. The van der Waals surface area contributed by atoms with E-state index in [0.717, 1.165) is 0 Å². The van der Waals surface area contributed by atoms with Crippen molar-refractivity contribution in [3.05, 3.63) is 0 Å². The van der Waals surface area contributed by atoms with Gasteiger partial charge >= 0.3 is 5.97 Å². The Balaban J connectivity index is 1.83. The Morgan fingerprint density at radius 2 is 1.63 bits per heavy atom. The Bertz CT molecular complexity index is 1010. The van der Waals surface area contributed by atoms with E-state index < -0.39 is 129 Å². The van der Waals surface area contributed by atoms with Crippen LogP contribution >= 0.6 is 0 Å². The van der Waals surface area contributed by atoms with Crippen molar-refractivity contribution in [2.75, 3.05) is 27.3 Å². The zero-order valence-corrected chi connectivity index (χ0v) is 26.5. The van der Waals surface area contributed by atoms with Gasteiger partial charge in [0.15, 0.2) is 6.29 Å². The number of nitrogens with one attached hydrogen (secondary N) is 1. The number of ether oxygens (including phenoxy) is 5. The van der Waals surface area contributed by atoms with Crippen LogP contribution in [0.15, 0.2) is 0 Å². The topological polar surface area (TPSA) is 278 Å². The fourth-order valence-electron chi connectivity index (χ4n) is 6.26. The average Bonchev–Trinajstić information content (AvgIpc) is 3.00. The molecule has 0 aromatic rings. The summed E-state index contributed by atoms with van der Waals surface area (Å²) >= 11 is 0. The number of likely N-dealkylation sites (N-methyl/N-ethyl adjacent to an activating group) is 1. The van der Waals surface area contributed by atoms with E-state index in [0.29, 0.717) is 6.42 Å². The Labute approximate surface area is 266 Å². The van der Waals surface area contributed by atoms with Crippen LogP contribution < -0.4 is 5.32 Å². The van der Waals surface area contributed by atoms with Gasteiger partial charge in [-0.25, -0.2) is 4.79 Å². The van der Waals surface area contributed by atoms with Gasteiger partial charge in [-0.2, -0.15) is 0 Å². The molecule has 0 radical (unpaired) electrons. The number of carbonyl (C=O) groups excluding carboxylic acids is 1. The number of rotatable bonds is 13. The second kappa shape index (κ2) is 16.2. The smallest absolute Gasteiger partial charge is 0.364 e. The van der Waals surface area contributed by atoms with Gasteiger partial charge < -0.3 is 79.9 Å². The van der Waals surface area contributed by atoms with Gasteiger partial charge in [0.25, 0.3) is 5.79 Å². The van der Waals surface area contributed by atoms with E-state index >= 15 is 0 Å². The lowest BCUT2D eigenvalue weighted by molar-refractivity contribution is -0.355. The molecule has 5 unspecified atom stereocenters. The van der Waals surface area contributed by atoms with E-state index in [9.17, 15) is 55.5 Å². The number of nitrogens with zero attached hydrogens (tertiary/aromatic N) is 1. The molecule has 3 saturated heterocycles. The number of carboxylic acid groups (broad SMARTS) is 1. The van der Waals surface area contributed by atoms with Crippen molar-refractivity contribution in [3.63, 3.8) is 0 Å². The molecule has 0 bridgehead atoms. The normalized spacial score (nSPS) is 43.2. The first-order valence-electron chi connectivity index (χ1n) is 15.4. The van der Waals surface area contributed by atoms with Crippen LogP contribution in [0, 0.1) is 0 Å². The van der Waals surface area contributed by atoms with Crippen molar-refractivity contribution in [2.45, 2.75) is 137 Å². The minimum atomic E-state index is -2.61. The summed E-state index contributed by atoms with van der Waals surface area (Å²) in [6.07, 6.45) is -19.8. The van der Waals surface area contributed by atoms with E-state index in [1.807, 2.05) is 0 Å². The fraction of sp³-hybridized carbons (Fsp3) is 0.929. The number of aliphatic hydroxyl groups is 8. The predicted molar refractivity (Wildman–Crippen MR) is 153 cm³/mol. The van der Waals surface area contributed by atoms with Crippen LogP contribution in [0.3, 0.4) is 0 Å². The highest BCUT2D eigenvalue weighted by Crippen LogP contribution is 2.37. The molecular formula is C28H50N2O16. The molecule has 3 aliphatic rings. The van der Waals surface area contributed by atoms with Gasteiger partial charge in [0, 0.05) is 13.3 Å². The summed E-state index contributed by atoms with van der Waals surface area (Å²) in [7, 11) is 3.14. The third-order valence-electron chi connectivity index (χ3n) is 8.82. The summed E-state index contributed by atoms with van der Waals surface area (Å²) in [4.78, 5) is 25.8. The molecular weight excluding hydrogens is 620 g/mol. The van der Waals surface area contributed by atoms with Crippen LogP contribution in [0.25, 0.3) is 0 Å². The molecule has 0 saturated carbocycles. The highest BCUT2D eigenvalue weighted by Gasteiger charge is 2.57. The molecule has 1 amide bonds. The van der Waals surface area contributed by atoms with Crippen molar-refractivity contribution in [1.82, 2.24) is 10.2 Å². The Hall–Kier alpha value is -1.62. The second-order valence-electron chi connectivity index (χ2n) is 12.3. The number of aliphatic carboxylic acids is 1. The highest BCUT2D eigenvalue weighted by atomic mass is 16.8. The van der Waals surface area contributed by atoms with Crippen LogP contribution in [0.2, 0.25) is 0 Å². The molecule has 3 fully saturated rings.